The second kappa shape index (κ2) is 6.07. The summed E-state index contributed by atoms with van der Waals surface area (Å²) in [4.78, 5) is 2.44. The topological polar surface area (TPSA) is 12.5 Å². The van der Waals surface area contributed by atoms with Gasteiger partial charge in [-0.25, -0.2) is 0 Å². The zero-order chi connectivity index (χ0) is 12.3. The van der Waals surface area contributed by atoms with Gasteiger partial charge in [0.2, 0.25) is 0 Å². The maximum Gasteiger partial charge on any atom is 0.123 e. The molecule has 0 N–H and O–H groups in total. The molecule has 4 heteroatoms. The van der Waals surface area contributed by atoms with Crippen molar-refractivity contribution in [2.75, 3.05) is 26.1 Å². The van der Waals surface area contributed by atoms with Crippen LogP contribution in [0.1, 0.15) is 12.0 Å². The lowest BCUT2D eigenvalue weighted by Gasteiger charge is -2.17. The first kappa shape index (κ1) is 13.2. The molecule has 1 aliphatic rings. The molecule has 17 heavy (non-hydrogen) atoms. The number of benzene rings is 1. The summed E-state index contributed by atoms with van der Waals surface area (Å²) in [6.45, 7) is 3.17. The summed E-state index contributed by atoms with van der Waals surface area (Å²) in [5.74, 6) is 2.38. The van der Waals surface area contributed by atoms with E-state index >= 15 is 0 Å². The first-order valence-corrected chi connectivity index (χ1v) is 7.16. The van der Waals surface area contributed by atoms with E-state index < -0.39 is 0 Å². The summed E-state index contributed by atoms with van der Waals surface area (Å²) in [7, 11) is 1.72. The number of methoxy groups -OCH3 is 1. The van der Waals surface area contributed by atoms with E-state index in [0.717, 1.165) is 35.7 Å². The van der Waals surface area contributed by atoms with Crippen LogP contribution in [0.15, 0.2) is 22.7 Å². The van der Waals surface area contributed by atoms with Crippen LogP contribution in [-0.2, 0) is 6.54 Å². The third kappa shape index (κ3) is 3.36. The van der Waals surface area contributed by atoms with Crippen molar-refractivity contribution in [3.63, 3.8) is 0 Å². The van der Waals surface area contributed by atoms with E-state index in [1.807, 2.05) is 12.1 Å². The monoisotopic (exact) mass is 317 g/mol. The first-order chi connectivity index (χ1) is 8.22. The molecule has 0 saturated carbocycles. The van der Waals surface area contributed by atoms with Crippen molar-refractivity contribution in [2.24, 2.45) is 5.92 Å². The lowest BCUT2D eigenvalue weighted by Crippen LogP contribution is -2.20. The van der Waals surface area contributed by atoms with E-state index in [2.05, 4.69) is 26.9 Å². The van der Waals surface area contributed by atoms with Crippen molar-refractivity contribution < 1.29 is 4.74 Å². The normalized spacial score (nSPS) is 20.8. The lowest BCUT2D eigenvalue weighted by atomic mass is 10.1. The minimum atomic E-state index is 0.648. The van der Waals surface area contributed by atoms with Gasteiger partial charge in [-0.3, -0.25) is 4.90 Å². The van der Waals surface area contributed by atoms with Crippen LogP contribution in [0.4, 0.5) is 0 Å². The average Bonchev–Trinajstić information content (AvgIpc) is 2.77. The predicted octanol–water partition coefficient (Wildman–Crippen LogP) is 3.52. The molecule has 1 atom stereocenters. The van der Waals surface area contributed by atoms with Crippen LogP contribution in [0.3, 0.4) is 0 Å². The van der Waals surface area contributed by atoms with E-state index in [-0.39, 0.29) is 0 Å². The fraction of sp³-hybridized carbons (Fsp3) is 0.538. The van der Waals surface area contributed by atoms with Gasteiger partial charge >= 0.3 is 0 Å². The van der Waals surface area contributed by atoms with Gasteiger partial charge in [0.15, 0.2) is 0 Å². The number of rotatable bonds is 4. The largest absolute Gasteiger partial charge is 0.496 e. The van der Waals surface area contributed by atoms with E-state index in [1.165, 1.54) is 12.0 Å². The molecule has 1 aromatic rings. The van der Waals surface area contributed by atoms with Crippen molar-refractivity contribution in [2.45, 2.75) is 13.0 Å². The summed E-state index contributed by atoms with van der Waals surface area (Å²) >= 11 is 9.41. The fourth-order valence-corrected chi connectivity index (χ4v) is 2.95. The third-order valence-corrected chi connectivity index (χ3v) is 4.15. The van der Waals surface area contributed by atoms with Gasteiger partial charge in [0.1, 0.15) is 5.75 Å². The Morgan fingerprint density at radius 2 is 2.35 bits per heavy atom. The zero-order valence-corrected chi connectivity index (χ0v) is 12.3. The summed E-state index contributed by atoms with van der Waals surface area (Å²) < 4.78 is 6.49. The molecule has 1 heterocycles. The Labute approximate surface area is 116 Å². The second-order valence-corrected chi connectivity index (χ2v) is 5.72. The molecule has 1 aliphatic heterocycles. The Kier molecular flexibility index (Phi) is 4.71. The SMILES string of the molecule is COc1ccc(Br)cc1CN1CCC(CCl)C1. The summed E-state index contributed by atoms with van der Waals surface area (Å²) in [5.41, 5.74) is 1.23. The number of nitrogens with zero attached hydrogens (tertiary/aromatic N) is 1. The first-order valence-electron chi connectivity index (χ1n) is 5.83. The predicted molar refractivity (Wildman–Crippen MR) is 74.8 cm³/mol. The molecular weight excluding hydrogens is 302 g/mol. The number of likely N-dealkylation sites (tertiary alicyclic amines) is 1. The zero-order valence-electron chi connectivity index (χ0n) is 9.96. The van der Waals surface area contributed by atoms with Gasteiger partial charge in [0.05, 0.1) is 7.11 Å². The van der Waals surface area contributed by atoms with Crippen molar-refractivity contribution in [1.29, 1.82) is 0 Å². The van der Waals surface area contributed by atoms with Crippen LogP contribution >= 0.6 is 27.5 Å². The van der Waals surface area contributed by atoms with Crippen LogP contribution in [-0.4, -0.2) is 31.0 Å². The molecule has 2 rings (SSSR count). The molecule has 0 aromatic heterocycles. The number of hydrogen-bond donors (Lipinski definition) is 0. The Morgan fingerprint density at radius 1 is 1.53 bits per heavy atom. The Bertz CT molecular complexity index is 386. The molecule has 0 aliphatic carbocycles. The minimum absolute atomic E-state index is 0.648. The second-order valence-electron chi connectivity index (χ2n) is 4.50. The summed E-state index contributed by atoms with van der Waals surface area (Å²) in [6, 6.07) is 6.15. The van der Waals surface area contributed by atoms with Crippen molar-refractivity contribution in [3.05, 3.63) is 28.2 Å². The highest BCUT2D eigenvalue weighted by Crippen LogP contribution is 2.27. The van der Waals surface area contributed by atoms with Crippen LogP contribution in [0.25, 0.3) is 0 Å². The van der Waals surface area contributed by atoms with Gasteiger partial charge in [0.25, 0.3) is 0 Å². The molecule has 0 radical (unpaired) electrons. The van der Waals surface area contributed by atoms with Gasteiger partial charge in [-0.05, 0) is 37.1 Å². The molecule has 0 amide bonds. The molecule has 2 nitrogen and oxygen atoms in total. The van der Waals surface area contributed by atoms with Gasteiger partial charge < -0.3 is 4.74 Å². The molecule has 94 valence electrons. The van der Waals surface area contributed by atoms with Crippen LogP contribution in [0.2, 0.25) is 0 Å². The van der Waals surface area contributed by atoms with Crippen LogP contribution in [0.5, 0.6) is 5.75 Å². The molecule has 0 bridgehead atoms. The number of alkyl halides is 1. The standard InChI is InChI=1S/C13H17BrClNO/c1-17-13-3-2-12(14)6-11(13)9-16-5-4-10(7-15)8-16/h2-3,6,10H,4-5,7-9H2,1H3. The van der Waals surface area contributed by atoms with E-state index in [1.54, 1.807) is 7.11 Å². The van der Waals surface area contributed by atoms with E-state index in [9.17, 15) is 0 Å². The molecule has 1 saturated heterocycles. The Balaban J connectivity index is 2.05. The van der Waals surface area contributed by atoms with Crippen molar-refractivity contribution in [1.82, 2.24) is 4.90 Å². The molecule has 0 spiro atoms. The molecule has 1 aromatic carbocycles. The molecule has 1 fully saturated rings. The Morgan fingerprint density at radius 3 is 3.00 bits per heavy atom. The average molecular weight is 319 g/mol. The maximum atomic E-state index is 5.90. The number of halogens is 2. The summed E-state index contributed by atoms with van der Waals surface area (Å²) in [6.07, 6.45) is 1.21. The lowest BCUT2D eigenvalue weighted by molar-refractivity contribution is 0.312. The van der Waals surface area contributed by atoms with E-state index in [4.69, 9.17) is 16.3 Å². The molecular formula is C13H17BrClNO. The van der Waals surface area contributed by atoms with E-state index in [0.29, 0.717) is 5.92 Å². The van der Waals surface area contributed by atoms with Gasteiger partial charge in [-0.2, -0.15) is 0 Å². The minimum Gasteiger partial charge on any atom is -0.496 e. The maximum absolute atomic E-state index is 5.90. The smallest absolute Gasteiger partial charge is 0.123 e. The van der Waals surface area contributed by atoms with Gasteiger partial charge in [-0.1, -0.05) is 15.9 Å². The quantitative estimate of drug-likeness (QED) is 0.788. The third-order valence-electron chi connectivity index (χ3n) is 3.22. The summed E-state index contributed by atoms with van der Waals surface area (Å²) in [5, 5.41) is 0. The highest BCUT2D eigenvalue weighted by Gasteiger charge is 2.22. The number of ether oxygens (including phenoxy) is 1. The van der Waals surface area contributed by atoms with Crippen molar-refractivity contribution >= 4 is 27.5 Å². The Hall–Kier alpha value is -0.250. The van der Waals surface area contributed by atoms with Gasteiger partial charge in [-0.15, -0.1) is 11.6 Å². The highest BCUT2D eigenvalue weighted by atomic mass is 79.9. The van der Waals surface area contributed by atoms with Crippen LogP contribution in [0, 0.1) is 5.92 Å². The number of hydrogen-bond acceptors (Lipinski definition) is 2. The highest BCUT2D eigenvalue weighted by molar-refractivity contribution is 9.10. The molecule has 1 unspecified atom stereocenters. The van der Waals surface area contributed by atoms with Crippen molar-refractivity contribution in [3.8, 4) is 5.75 Å². The van der Waals surface area contributed by atoms with Gasteiger partial charge in [0, 0.05) is 29.0 Å². The fourth-order valence-electron chi connectivity index (χ4n) is 2.29. The van der Waals surface area contributed by atoms with Crippen LogP contribution < -0.4 is 4.74 Å².